The van der Waals surface area contributed by atoms with Crippen molar-refractivity contribution in [3.63, 3.8) is 0 Å². The summed E-state index contributed by atoms with van der Waals surface area (Å²) in [4.78, 5) is 31.8. The third-order valence-electron chi connectivity index (χ3n) is 31.3. The number of rotatable bonds is 8. The SMILES string of the molecule is CC(C)(C)c1ccc(-c2nc(-n3c4ccccc4c4ccc5c6cc7c(cc6ccc5c43)sc3ccccc37)nc3ccccc23)cc1.N#Cc1ccccc1-c1nc(-n2c3ccccc3c3ccc4c(ccc5ccc6c7ccccc7sc6c54)c32)nc2ccccc12.c1ccc(-c2nc(-n3c4ccccc4c4ccc5c6cc7c(cc6ccc5c43)-c3ccccc3C7(c3ccccc3)c3ccccc3)nc3ccccc23)cc1. The number of benzene rings is 23. The van der Waals surface area contributed by atoms with Gasteiger partial charge in [0.2, 0.25) is 17.8 Å². The molecule has 8 heterocycles. The Morgan fingerprint density at radius 2 is 0.627 bits per heavy atom. The van der Waals surface area contributed by atoms with Crippen LogP contribution in [0.5, 0.6) is 0 Å². The quantitative estimate of drug-likeness (QED) is 0.139. The molecule has 0 unspecified atom stereocenters. The highest BCUT2D eigenvalue weighted by atomic mass is 32.1. The minimum atomic E-state index is -0.476. The van der Waals surface area contributed by atoms with Crippen molar-refractivity contribution in [1.82, 2.24) is 43.6 Å². The summed E-state index contributed by atoms with van der Waals surface area (Å²) < 4.78 is 12.1. The monoisotopic (exact) mass is 1950 g/mol. The summed E-state index contributed by atoms with van der Waals surface area (Å²) >= 11 is 3.73. The molecule has 0 fully saturated rings. The standard InChI is InChI=1S/C53H33N3.C44H31N3S.C41H22N4S/c1-4-16-34(17-5-1)50-43-24-11-14-26-48(43)54-52(55-50)56-49-27-15-12-23-40(49)42-31-30-38-41(51(42)56)29-28-35-32-45-39-22-10-13-25-46(39)53(47(45)33-44(35)38,36-18-6-2-7-19-36)37-20-8-3-9-21-37;1-44(2,3)28-19-16-26(17-20-28)41-34-12-4-7-13-37(34)45-43(46-41)47-38-14-8-5-10-30(38)33-23-22-29-32(42(33)47)21-18-27-24-40-36(25-35(27)29)31-11-6-9-15-39(31)48-40;42-23-25-9-1-2-10-26(25)38-33-13-3-6-14-34(33)43-41(44-38)45-35-15-7-4-11-27(35)30-22-21-29-31(39(30)45)19-17-24-18-20-32-28-12-5-8-16-36(28)46-40(32)37(24)29/h1-33H;4-25H,1-3H3;1-22H. The van der Waals surface area contributed by atoms with Gasteiger partial charge in [0.05, 0.1) is 83.8 Å². The lowest BCUT2D eigenvalue weighted by molar-refractivity contribution is 0.590. The van der Waals surface area contributed by atoms with E-state index < -0.39 is 5.41 Å². The first-order valence-electron chi connectivity index (χ1n) is 51.0. The Hall–Kier alpha value is -19.0. The van der Waals surface area contributed by atoms with Crippen molar-refractivity contribution in [2.24, 2.45) is 0 Å². The van der Waals surface area contributed by atoms with Gasteiger partial charge in [0.15, 0.2) is 0 Å². The summed E-state index contributed by atoms with van der Waals surface area (Å²) in [5.41, 5.74) is 24.0. The molecular formula is C138H86N10S2. The number of thiophene rings is 2. The normalized spacial score (nSPS) is 12.5. The van der Waals surface area contributed by atoms with Crippen LogP contribution in [-0.2, 0) is 10.8 Å². The third kappa shape index (κ3) is 13.2. The van der Waals surface area contributed by atoms with E-state index >= 15 is 0 Å². The number of fused-ring (bicyclic) bond motifs is 34. The Labute approximate surface area is 868 Å². The molecule has 1 aliphatic carbocycles. The van der Waals surface area contributed by atoms with Gasteiger partial charge in [-0.05, 0) is 166 Å². The van der Waals surface area contributed by atoms with Gasteiger partial charge < -0.3 is 0 Å². The minimum Gasteiger partial charge on any atom is -0.277 e. The summed E-state index contributed by atoms with van der Waals surface area (Å²) in [5, 5.41) is 40.0. The zero-order chi connectivity index (χ0) is 99.3. The van der Waals surface area contributed by atoms with Gasteiger partial charge in [-0.3, -0.25) is 13.7 Å². The van der Waals surface area contributed by atoms with Gasteiger partial charge in [-0.15, -0.1) is 22.7 Å². The second-order valence-corrected chi connectivity index (χ2v) is 42.5. The fourth-order valence-electron chi connectivity index (χ4n) is 24.5. The number of para-hydroxylation sites is 6. The first-order valence-corrected chi connectivity index (χ1v) is 52.6. The number of nitrogens with zero attached hydrogens (tertiary/aromatic N) is 10. The predicted octanol–water partition coefficient (Wildman–Crippen LogP) is 36.4. The van der Waals surface area contributed by atoms with Crippen LogP contribution in [0.1, 0.15) is 54.2 Å². The highest BCUT2D eigenvalue weighted by Crippen LogP contribution is 2.59. The maximum atomic E-state index is 10.0. The van der Waals surface area contributed by atoms with Gasteiger partial charge in [-0.2, -0.15) is 5.26 Å². The van der Waals surface area contributed by atoms with E-state index in [0.717, 1.165) is 116 Å². The van der Waals surface area contributed by atoms with Gasteiger partial charge in [0.25, 0.3) is 0 Å². The van der Waals surface area contributed by atoms with Gasteiger partial charge in [0, 0.05) is 127 Å². The van der Waals surface area contributed by atoms with Crippen LogP contribution in [0.15, 0.2) is 467 Å². The van der Waals surface area contributed by atoms with E-state index in [4.69, 9.17) is 29.9 Å². The van der Waals surface area contributed by atoms with Crippen molar-refractivity contribution in [1.29, 1.82) is 5.26 Å². The number of hydrogen-bond donors (Lipinski definition) is 0. The van der Waals surface area contributed by atoms with Crippen LogP contribution >= 0.6 is 22.7 Å². The maximum absolute atomic E-state index is 10.0. The predicted molar refractivity (Wildman–Crippen MR) is 629 cm³/mol. The number of hydrogen-bond acceptors (Lipinski definition) is 9. The van der Waals surface area contributed by atoms with Crippen molar-refractivity contribution in [3.8, 4) is 68.8 Å². The highest BCUT2D eigenvalue weighted by Gasteiger charge is 2.46. The molecule has 0 N–H and O–H groups in total. The van der Waals surface area contributed by atoms with Gasteiger partial charge in [-0.25, -0.2) is 29.9 Å². The van der Waals surface area contributed by atoms with Crippen molar-refractivity contribution < 1.29 is 0 Å². The molecule has 8 aromatic heterocycles. The van der Waals surface area contributed by atoms with Crippen LogP contribution in [0, 0.1) is 11.3 Å². The first kappa shape index (κ1) is 86.5. The molecule has 0 amide bonds. The Balaban J connectivity index is 0.000000104. The maximum Gasteiger partial charge on any atom is 0.235 e. The Bertz CT molecular complexity index is 11200. The molecule has 12 heteroatoms. The smallest absolute Gasteiger partial charge is 0.235 e. The van der Waals surface area contributed by atoms with E-state index in [9.17, 15) is 5.26 Å². The molecule has 0 saturated heterocycles. The third-order valence-corrected chi connectivity index (χ3v) is 33.6. The fraction of sp³-hybridized carbons (Fsp3) is 0.0362. The number of aromatic nitrogens is 9. The summed E-state index contributed by atoms with van der Waals surface area (Å²) in [6.45, 7) is 6.75. The van der Waals surface area contributed by atoms with Crippen LogP contribution in [0.3, 0.4) is 0 Å². The number of nitriles is 1. The van der Waals surface area contributed by atoms with Crippen LogP contribution in [0.2, 0.25) is 0 Å². The molecule has 0 spiro atoms. The summed E-state index contributed by atoms with van der Waals surface area (Å²) in [5.74, 6) is 1.93. The second-order valence-electron chi connectivity index (χ2n) is 40.4. The molecule has 0 atom stereocenters. The lowest BCUT2D eigenvalue weighted by Crippen LogP contribution is -2.28. The van der Waals surface area contributed by atoms with Gasteiger partial charge in [-0.1, -0.05) is 409 Å². The lowest BCUT2D eigenvalue weighted by Gasteiger charge is -2.34. The van der Waals surface area contributed by atoms with Crippen LogP contribution in [0.25, 0.3) is 266 Å². The minimum absolute atomic E-state index is 0.0773. The summed E-state index contributed by atoms with van der Waals surface area (Å²) in [6, 6.07) is 170. The second kappa shape index (κ2) is 33.8. The lowest BCUT2D eigenvalue weighted by atomic mass is 9.67. The van der Waals surface area contributed by atoms with E-state index in [1.165, 1.54) is 160 Å². The summed E-state index contributed by atoms with van der Waals surface area (Å²) in [6.07, 6.45) is 0. The zero-order valence-electron chi connectivity index (χ0n) is 81.7. The Morgan fingerprint density at radius 3 is 1.16 bits per heavy atom. The molecule has 0 saturated carbocycles. The van der Waals surface area contributed by atoms with Gasteiger partial charge in [0.1, 0.15) is 0 Å². The van der Waals surface area contributed by atoms with Crippen molar-refractivity contribution in [2.45, 2.75) is 31.6 Å². The van der Waals surface area contributed by atoms with Gasteiger partial charge >= 0.3 is 0 Å². The molecular weight excluding hydrogens is 1860 g/mol. The molecule has 700 valence electrons. The molecule has 1 aliphatic rings. The molecule has 0 aliphatic heterocycles. The van der Waals surface area contributed by atoms with Crippen molar-refractivity contribution in [2.75, 3.05) is 0 Å². The summed E-state index contributed by atoms with van der Waals surface area (Å²) in [7, 11) is 0. The Kier molecular flexibility index (Phi) is 19.5. The van der Waals surface area contributed by atoms with E-state index in [1.807, 2.05) is 71.2 Å². The van der Waals surface area contributed by atoms with E-state index in [0.29, 0.717) is 23.4 Å². The Morgan fingerprint density at radius 1 is 0.247 bits per heavy atom. The molecule has 31 aromatic rings. The van der Waals surface area contributed by atoms with Crippen molar-refractivity contribution in [3.05, 3.63) is 500 Å². The first-order chi connectivity index (χ1) is 74.0. The molecule has 32 rings (SSSR count). The van der Waals surface area contributed by atoms with E-state index in [1.54, 1.807) is 0 Å². The largest absolute Gasteiger partial charge is 0.277 e. The van der Waals surface area contributed by atoms with E-state index in [2.05, 4.69) is 459 Å². The van der Waals surface area contributed by atoms with Crippen LogP contribution < -0.4 is 0 Å². The zero-order valence-corrected chi connectivity index (χ0v) is 83.4. The molecule has 10 nitrogen and oxygen atoms in total. The molecule has 150 heavy (non-hydrogen) atoms. The molecule has 23 aromatic carbocycles. The average molecular weight is 1950 g/mol. The molecule has 0 radical (unpaired) electrons. The van der Waals surface area contributed by atoms with Crippen molar-refractivity contribution >= 4 is 226 Å². The van der Waals surface area contributed by atoms with Crippen LogP contribution in [-0.4, -0.2) is 43.6 Å². The topological polar surface area (TPSA) is 116 Å². The fourth-order valence-corrected chi connectivity index (χ4v) is 26.9. The average Bonchev–Trinajstić information content (AvgIpc) is 1.52. The van der Waals surface area contributed by atoms with E-state index in [-0.39, 0.29) is 5.41 Å². The highest BCUT2D eigenvalue weighted by molar-refractivity contribution is 7.27. The van der Waals surface area contributed by atoms with Crippen LogP contribution in [0.4, 0.5) is 0 Å². The molecule has 0 bridgehead atoms.